The van der Waals surface area contributed by atoms with E-state index >= 15 is 0 Å². The fourth-order valence-corrected chi connectivity index (χ4v) is 2.68. The standard InChI is InChI=1S/C15H25NO5/c1-14(2,3)21-13(19)16-10-6-5-8-15(16,9-7-11-17)12(18)20-4/h11H,5-10H2,1-4H3. The number of amides is 1. The molecule has 1 amide bonds. The van der Waals surface area contributed by atoms with E-state index in [0.29, 0.717) is 13.0 Å². The summed E-state index contributed by atoms with van der Waals surface area (Å²) in [4.78, 5) is 36.9. The van der Waals surface area contributed by atoms with Gasteiger partial charge in [-0.3, -0.25) is 4.90 Å². The van der Waals surface area contributed by atoms with E-state index in [4.69, 9.17) is 9.47 Å². The van der Waals surface area contributed by atoms with Crippen molar-refractivity contribution in [2.24, 2.45) is 0 Å². The summed E-state index contributed by atoms with van der Waals surface area (Å²) in [5.41, 5.74) is -1.72. The lowest BCUT2D eigenvalue weighted by Crippen LogP contribution is -2.60. The molecule has 0 saturated carbocycles. The van der Waals surface area contributed by atoms with Crippen LogP contribution in [0.5, 0.6) is 0 Å². The summed E-state index contributed by atoms with van der Waals surface area (Å²) in [5.74, 6) is -0.477. The molecule has 1 aliphatic heterocycles. The second-order valence-electron chi connectivity index (χ2n) is 6.32. The Morgan fingerprint density at radius 2 is 1.95 bits per heavy atom. The molecule has 6 heteroatoms. The van der Waals surface area contributed by atoms with Gasteiger partial charge in [-0.2, -0.15) is 0 Å². The van der Waals surface area contributed by atoms with Gasteiger partial charge in [-0.25, -0.2) is 9.59 Å². The van der Waals surface area contributed by atoms with E-state index in [2.05, 4.69) is 0 Å². The summed E-state index contributed by atoms with van der Waals surface area (Å²) in [6.45, 7) is 5.77. The van der Waals surface area contributed by atoms with Crippen LogP contribution in [-0.4, -0.2) is 48.0 Å². The first-order valence-electron chi connectivity index (χ1n) is 7.29. The van der Waals surface area contributed by atoms with Crippen LogP contribution in [-0.2, 0) is 19.1 Å². The van der Waals surface area contributed by atoms with Gasteiger partial charge in [0.15, 0.2) is 0 Å². The average molecular weight is 299 g/mol. The maximum Gasteiger partial charge on any atom is 0.411 e. The lowest BCUT2D eigenvalue weighted by atomic mass is 9.83. The van der Waals surface area contributed by atoms with Crippen LogP contribution in [0.15, 0.2) is 0 Å². The summed E-state index contributed by atoms with van der Waals surface area (Å²) < 4.78 is 10.3. The van der Waals surface area contributed by atoms with Crippen molar-refractivity contribution in [1.82, 2.24) is 4.90 Å². The van der Waals surface area contributed by atoms with E-state index in [9.17, 15) is 14.4 Å². The highest BCUT2D eigenvalue weighted by Crippen LogP contribution is 2.34. The lowest BCUT2D eigenvalue weighted by molar-refractivity contribution is -0.158. The lowest BCUT2D eigenvalue weighted by Gasteiger charge is -2.44. The van der Waals surface area contributed by atoms with Crippen molar-refractivity contribution < 1.29 is 23.9 Å². The number of aldehydes is 1. The van der Waals surface area contributed by atoms with Crippen molar-refractivity contribution in [3.8, 4) is 0 Å². The number of carbonyl (C=O) groups excluding carboxylic acids is 3. The molecule has 120 valence electrons. The van der Waals surface area contributed by atoms with E-state index in [0.717, 1.165) is 19.1 Å². The second-order valence-corrected chi connectivity index (χ2v) is 6.32. The predicted molar refractivity (Wildman–Crippen MR) is 76.8 cm³/mol. The zero-order chi connectivity index (χ0) is 16.1. The van der Waals surface area contributed by atoms with E-state index in [1.165, 1.54) is 12.0 Å². The molecule has 1 atom stereocenters. The molecule has 6 nitrogen and oxygen atoms in total. The number of hydrogen-bond acceptors (Lipinski definition) is 5. The first-order valence-corrected chi connectivity index (χ1v) is 7.29. The number of likely N-dealkylation sites (tertiary alicyclic amines) is 1. The minimum Gasteiger partial charge on any atom is -0.467 e. The Kier molecular flexibility index (Phi) is 5.75. The van der Waals surface area contributed by atoms with Crippen LogP contribution in [0, 0.1) is 0 Å². The first-order chi connectivity index (χ1) is 9.77. The summed E-state index contributed by atoms with van der Waals surface area (Å²) in [7, 11) is 1.30. The van der Waals surface area contributed by atoms with Gasteiger partial charge in [0, 0.05) is 13.0 Å². The third kappa shape index (κ3) is 4.19. The topological polar surface area (TPSA) is 72.9 Å². The SMILES string of the molecule is COC(=O)C1(CCC=O)CCCCN1C(=O)OC(C)(C)C. The van der Waals surface area contributed by atoms with Gasteiger partial charge in [-0.1, -0.05) is 0 Å². The highest BCUT2D eigenvalue weighted by atomic mass is 16.6. The van der Waals surface area contributed by atoms with Gasteiger partial charge in [0.05, 0.1) is 7.11 Å². The molecule has 0 spiro atoms. The van der Waals surface area contributed by atoms with Crippen LogP contribution in [0.25, 0.3) is 0 Å². The van der Waals surface area contributed by atoms with Gasteiger partial charge < -0.3 is 14.3 Å². The molecular weight excluding hydrogens is 274 g/mol. The highest BCUT2D eigenvalue weighted by Gasteiger charge is 2.49. The molecule has 0 aromatic heterocycles. The molecule has 1 rings (SSSR count). The largest absolute Gasteiger partial charge is 0.467 e. The highest BCUT2D eigenvalue weighted by molar-refractivity contribution is 5.86. The smallest absolute Gasteiger partial charge is 0.411 e. The summed E-state index contributed by atoms with van der Waals surface area (Å²) in [5, 5.41) is 0. The van der Waals surface area contributed by atoms with E-state index in [1.54, 1.807) is 20.8 Å². The number of nitrogens with zero attached hydrogens (tertiary/aromatic N) is 1. The average Bonchev–Trinajstić information content (AvgIpc) is 2.42. The van der Waals surface area contributed by atoms with Crippen molar-refractivity contribution in [1.29, 1.82) is 0 Å². The second kappa shape index (κ2) is 6.91. The molecular formula is C15H25NO5. The van der Waals surface area contributed by atoms with Crippen LogP contribution in [0.4, 0.5) is 4.79 Å². The van der Waals surface area contributed by atoms with Gasteiger partial charge in [0.2, 0.25) is 0 Å². The molecule has 0 radical (unpaired) electrons. The van der Waals surface area contributed by atoms with Crippen LogP contribution in [0.2, 0.25) is 0 Å². The normalized spacial score (nSPS) is 22.6. The van der Waals surface area contributed by atoms with Gasteiger partial charge in [-0.15, -0.1) is 0 Å². The Balaban J connectivity index is 3.06. The molecule has 1 aliphatic rings. The number of methoxy groups -OCH3 is 1. The molecule has 0 aliphatic carbocycles. The van der Waals surface area contributed by atoms with Gasteiger partial charge >= 0.3 is 12.1 Å². The molecule has 0 bridgehead atoms. The maximum absolute atomic E-state index is 12.4. The van der Waals surface area contributed by atoms with E-state index in [1.807, 2.05) is 0 Å². The molecule has 1 saturated heterocycles. The monoisotopic (exact) mass is 299 g/mol. The Labute approximate surface area is 125 Å². The zero-order valence-electron chi connectivity index (χ0n) is 13.3. The third-order valence-corrected chi connectivity index (χ3v) is 3.59. The van der Waals surface area contributed by atoms with Crippen molar-refractivity contribution >= 4 is 18.3 Å². The molecule has 0 N–H and O–H groups in total. The van der Waals surface area contributed by atoms with E-state index in [-0.39, 0.29) is 12.8 Å². The van der Waals surface area contributed by atoms with Gasteiger partial charge in [0.1, 0.15) is 17.4 Å². The quantitative estimate of drug-likeness (QED) is 0.588. The number of hydrogen-bond donors (Lipinski definition) is 0. The predicted octanol–water partition coefficient (Wildman–Crippen LogP) is 2.30. The molecule has 1 fully saturated rings. The summed E-state index contributed by atoms with van der Waals surface area (Å²) in [6.07, 6.45) is 2.81. The van der Waals surface area contributed by atoms with Crippen LogP contribution in [0.1, 0.15) is 52.9 Å². The summed E-state index contributed by atoms with van der Waals surface area (Å²) >= 11 is 0. The number of rotatable bonds is 4. The van der Waals surface area contributed by atoms with Crippen molar-refractivity contribution in [3.05, 3.63) is 0 Å². The van der Waals surface area contributed by atoms with E-state index < -0.39 is 23.2 Å². The Morgan fingerprint density at radius 1 is 1.29 bits per heavy atom. The first kappa shape index (κ1) is 17.5. The maximum atomic E-state index is 12.4. The number of carbonyl (C=O) groups is 3. The minimum atomic E-state index is -1.09. The Bertz CT molecular complexity index is 401. The fraction of sp³-hybridized carbons (Fsp3) is 0.800. The number of esters is 1. The Morgan fingerprint density at radius 3 is 2.48 bits per heavy atom. The number of piperidine rings is 1. The van der Waals surface area contributed by atoms with Crippen molar-refractivity contribution in [3.63, 3.8) is 0 Å². The molecule has 1 heterocycles. The Hall–Kier alpha value is -1.59. The minimum absolute atomic E-state index is 0.203. The molecule has 21 heavy (non-hydrogen) atoms. The zero-order valence-corrected chi connectivity index (χ0v) is 13.3. The number of ether oxygens (including phenoxy) is 2. The van der Waals surface area contributed by atoms with Crippen LogP contribution >= 0.6 is 0 Å². The van der Waals surface area contributed by atoms with Crippen LogP contribution in [0.3, 0.4) is 0 Å². The fourth-order valence-electron chi connectivity index (χ4n) is 2.68. The summed E-state index contributed by atoms with van der Waals surface area (Å²) in [6, 6.07) is 0. The molecule has 0 aromatic rings. The molecule has 1 unspecified atom stereocenters. The van der Waals surface area contributed by atoms with Gasteiger partial charge in [-0.05, 0) is 46.5 Å². The molecule has 0 aromatic carbocycles. The van der Waals surface area contributed by atoms with Crippen LogP contribution < -0.4 is 0 Å². The van der Waals surface area contributed by atoms with Gasteiger partial charge in [0.25, 0.3) is 0 Å². The van der Waals surface area contributed by atoms with Crippen molar-refractivity contribution in [2.75, 3.05) is 13.7 Å². The third-order valence-electron chi connectivity index (χ3n) is 3.59. The van der Waals surface area contributed by atoms with Crippen molar-refractivity contribution in [2.45, 2.75) is 64.0 Å².